The number of nitrogens with one attached hydrogen (secondary N) is 1. The minimum atomic E-state index is -0.279. The maximum atomic E-state index is 12.3. The third-order valence-electron chi connectivity index (χ3n) is 3.82. The van der Waals surface area contributed by atoms with Gasteiger partial charge in [-0.25, -0.2) is 0 Å². The fraction of sp³-hybridized carbons (Fsp3) is 0.200. The van der Waals surface area contributed by atoms with Gasteiger partial charge in [-0.15, -0.1) is 0 Å². The highest BCUT2D eigenvalue weighted by Gasteiger charge is 2.12. The summed E-state index contributed by atoms with van der Waals surface area (Å²) in [6.45, 7) is 5.20. The van der Waals surface area contributed by atoms with E-state index in [-0.39, 0.29) is 11.8 Å². The summed E-state index contributed by atoms with van der Waals surface area (Å²) in [5, 5.41) is 3.65. The minimum absolute atomic E-state index is 0.0209. The Morgan fingerprint density at radius 1 is 1.00 bits per heavy atom. The monoisotopic (exact) mass is 390 g/mol. The predicted molar refractivity (Wildman–Crippen MR) is 108 cm³/mol. The summed E-state index contributed by atoms with van der Waals surface area (Å²) in [6.07, 6.45) is 3.06. The van der Waals surface area contributed by atoms with Crippen LogP contribution in [0.3, 0.4) is 0 Å². The molecule has 26 heavy (non-hydrogen) atoms. The van der Waals surface area contributed by atoms with Gasteiger partial charge in [0.15, 0.2) is 0 Å². The van der Waals surface area contributed by atoms with Crippen LogP contribution in [0.25, 0.3) is 6.08 Å². The van der Waals surface area contributed by atoms with Crippen LogP contribution in [0.4, 0.5) is 5.69 Å². The van der Waals surface area contributed by atoms with E-state index in [2.05, 4.69) is 5.32 Å². The fourth-order valence-electron chi connectivity index (χ4n) is 2.36. The molecule has 0 bridgehead atoms. The summed E-state index contributed by atoms with van der Waals surface area (Å²) >= 11 is 11.8. The summed E-state index contributed by atoms with van der Waals surface area (Å²) in [5.41, 5.74) is 1.98. The van der Waals surface area contributed by atoms with Crippen LogP contribution >= 0.6 is 23.2 Å². The molecule has 0 aliphatic carbocycles. The van der Waals surface area contributed by atoms with Gasteiger partial charge in [0.1, 0.15) is 0 Å². The quantitative estimate of drug-likeness (QED) is 0.695. The molecule has 0 saturated carbocycles. The average Bonchev–Trinajstić information content (AvgIpc) is 2.64. The molecule has 0 aromatic heterocycles. The maximum Gasteiger partial charge on any atom is 0.253 e. The molecule has 136 valence electrons. The Morgan fingerprint density at radius 2 is 1.65 bits per heavy atom. The smallest absolute Gasteiger partial charge is 0.253 e. The van der Waals surface area contributed by atoms with Gasteiger partial charge in [-0.05, 0) is 61.9 Å². The van der Waals surface area contributed by atoms with Crippen molar-refractivity contribution < 1.29 is 9.59 Å². The standard InChI is InChI=1S/C20H20Cl2N2O2/c1-3-24(4-2)20(26)15-7-9-16(10-8-15)23-19(25)12-6-14-5-11-17(21)18(22)13-14/h5-13H,3-4H2,1-2H3,(H,23,25)/b12-6+. The fourth-order valence-corrected chi connectivity index (χ4v) is 2.67. The molecule has 0 atom stereocenters. The molecule has 2 aromatic carbocycles. The topological polar surface area (TPSA) is 49.4 Å². The number of carbonyl (C=O) groups is 2. The zero-order valence-electron chi connectivity index (χ0n) is 14.6. The van der Waals surface area contributed by atoms with Gasteiger partial charge in [-0.2, -0.15) is 0 Å². The van der Waals surface area contributed by atoms with Crippen molar-refractivity contribution in [3.05, 3.63) is 69.7 Å². The average molecular weight is 391 g/mol. The predicted octanol–water partition coefficient (Wildman–Crippen LogP) is 5.13. The largest absolute Gasteiger partial charge is 0.339 e. The lowest BCUT2D eigenvalue weighted by Gasteiger charge is -2.18. The number of benzene rings is 2. The van der Waals surface area contributed by atoms with Crippen molar-refractivity contribution in [3.8, 4) is 0 Å². The van der Waals surface area contributed by atoms with E-state index in [0.717, 1.165) is 5.56 Å². The van der Waals surface area contributed by atoms with E-state index >= 15 is 0 Å². The van der Waals surface area contributed by atoms with Gasteiger partial charge in [-0.3, -0.25) is 9.59 Å². The lowest BCUT2D eigenvalue weighted by atomic mass is 10.1. The van der Waals surface area contributed by atoms with Gasteiger partial charge in [-0.1, -0.05) is 29.3 Å². The minimum Gasteiger partial charge on any atom is -0.339 e. The number of hydrogen-bond acceptors (Lipinski definition) is 2. The van der Waals surface area contributed by atoms with Crippen molar-refractivity contribution in [2.24, 2.45) is 0 Å². The highest BCUT2D eigenvalue weighted by molar-refractivity contribution is 6.42. The zero-order chi connectivity index (χ0) is 19.1. The van der Waals surface area contributed by atoms with Crippen LogP contribution in [-0.4, -0.2) is 29.8 Å². The van der Waals surface area contributed by atoms with E-state index in [1.165, 1.54) is 6.08 Å². The van der Waals surface area contributed by atoms with Crippen molar-refractivity contribution in [2.45, 2.75) is 13.8 Å². The highest BCUT2D eigenvalue weighted by atomic mass is 35.5. The van der Waals surface area contributed by atoms with Gasteiger partial charge in [0, 0.05) is 30.4 Å². The number of amides is 2. The zero-order valence-corrected chi connectivity index (χ0v) is 16.1. The SMILES string of the molecule is CCN(CC)C(=O)c1ccc(NC(=O)/C=C/c2ccc(Cl)c(Cl)c2)cc1. The van der Waals surface area contributed by atoms with Gasteiger partial charge in [0.25, 0.3) is 5.91 Å². The van der Waals surface area contributed by atoms with Crippen LogP contribution in [0.5, 0.6) is 0 Å². The van der Waals surface area contributed by atoms with Gasteiger partial charge < -0.3 is 10.2 Å². The molecule has 0 saturated heterocycles. The molecule has 1 N–H and O–H groups in total. The first kappa shape index (κ1) is 20.0. The number of hydrogen-bond donors (Lipinski definition) is 1. The number of halogens is 2. The van der Waals surface area contributed by atoms with Crippen molar-refractivity contribution >= 4 is 46.8 Å². The Balaban J connectivity index is 1.99. The first-order valence-electron chi connectivity index (χ1n) is 8.28. The Bertz CT molecular complexity index is 813. The molecular weight excluding hydrogens is 371 g/mol. The van der Waals surface area contributed by atoms with E-state index in [1.807, 2.05) is 13.8 Å². The first-order chi connectivity index (χ1) is 12.4. The number of rotatable bonds is 6. The van der Waals surface area contributed by atoms with Crippen LogP contribution in [0.2, 0.25) is 10.0 Å². The molecule has 0 spiro atoms. The molecule has 0 fully saturated rings. The number of nitrogens with zero attached hydrogens (tertiary/aromatic N) is 1. The molecule has 0 heterocycles. The highest BCUT2D eigenvalue weighted by Crippen LogP contribution is 2.23. The Labute approximate surface area is 163 Å². The Morgan fingerprint density at radius 3 is 2.23 bits per heavy atom. The van der Waals surface area contributed by atoms with Crippen molar-refractivity contribution in [3.63, 3.8) is 0 Å². The van der Waals surface area contributed by atoms with Crippen molar-refractivity contribution in [2.75, 3.05) is 18.4 Å². The van der Waals surface area contributed by atoms with Crippen LogP contribution < -0.4 is 5.32 Å². The van der Waals surface area contributed by atoms with Crippen molar-refractivity contribution in [1.29, 1.82) is 0 Å². The van der Waals surface area contributed by atoms with Gasteiger partial charge in [0.2, 0.25) is 5.91 Å². The van der Waals surface area contributed by atoms with E-state index in [4.69, 9.17) is 23.2 Å². The molecular formula is C20H20Cl2N2O2. The van der Waals surface area contributed by atoms with Gasteiger partial charge >= 0.3 is 0 Å². The summed E-state index contributed by atoms with van der Waals surface area (Å²) in [7, 11) is 0. The molecule has 2 amide bonds. The second-order valence-electron chi connectivity index (χ2n) is 5.55. The second kappa shape index (κ2) is 9.41. The van der Waals surface area contributed by atoms with Crippen LogP contribution in [0.15, 0.2) is 48.5 Å². The lowest BCUT2D eigenvalue weighted by Crippen LogP contribution is -2.30. The Hall–Kier alpha value is -2.30. The van der Waals surface area contributed by atoms with Crippen molar-refractivity contribution in [1.82, 2.24) is 4.90 Å². The first-order valence-corrected chi connectivity index (χ1v) is 9.03. The van der Waals surface area contributed by atoms with Crippen LogP contribution in [0, 0.1) is 0 Å². The van der Waals surface area contributed by atoms with E-state index < -0.39 is 0 Å². The Kier molecular flexibility index (Phi) is 7.25. The summed E-state index contributed by atoms with van der Waals surface area (Å²) < 4.78 is 0. The van der Waals surface area contributed by atoms with E-state index in [9.17, 15) is 9.59 Å². The van der Waals surface area contributed by atoms with Gasteiger partial charge in [0.05, 0.1) is 10.0 Å². The molecule has 0 aliphatic heterocycles. The van der Waals surface area contributed by atoms with Crippen LogP contribution in [0.1, 0.15) is 29.8 Å². The molecule has 0 unspecified atom stereocenters. The molecule has 0 aliphatic rings. The molecule has 0 radical (unpaired) electrons. The summed E-state index contributed by atoms with van der Waals surface area (Å²) in [4.78, 5) is 26.0. The third-order valence-corrected chi connectivity index (χ3v) is 4.56. The molecule has 6 heteroatoms. The number of anilines is 1. The number of carbonyl (C=O) groups excluding carboxylic acids is 2. The normalized spacial score (nSPS) is 10.8. The third kappa shape index (κ3) is 5.35. The molecule has 2 aromatic rings. The molecule has 2 rings (SSSR count). The molecule has 4 nitrogen and oxygen atoms in total. The van der Waals surface area contributed by atoms with E-state index in [0.29, 0.717) is 34.4 Å². The summed E-state index contributed by atoms with van der Waals surface area (Å²) in [6, 6.07) is 12.0. The lowest BCUT2D eigenvalue weighted by molar-refractivity contribution is -0.111. The van der Waals surface area contributed by atoms with Crippen LogP contribution in [-0.2, 0) is 4.79 Å². The summed E-state index contributed by atoms with van der Waals surface area (Å²) in [5.74, 6) is -0.300. The maximum absolute atomic E-state index is 12.3. The second-order valence-corrected chi connectivity index (χ2v) is 6.37. The van der Waals surface area contributed by atoms with E-state index in [1.54, 1.807) is 53.4 Å².